The Morgan fingerprint density at radius 2 is 1.71 bits per heavy atom. The van der Waals surface area contributed by atoms with Crippen LogP contribution in [0, 0.1) is 5.82 Å². The molecular weight excluding hydrogens is 329 g/mol. The number of aliphatic hydroxyl groups is 2. The number of hydrogen-bond acceptors (Lipinski definition) is 3. The Balaban J connectivity index is 1.61. The molecule has 2 aromatic rings. The molecule has 1 heterocycles. The number of β-amino-alcohol motifs (C(OH)–C–C–N with tert-alkyl or cyclic N) is 1. The van der Waals surface area contributed by atoms with Crippen LogP contribution in [-0.4, -0.2) is 34.7 Å². The van der Waals surface area contributed by atoms with Crippen molar-refractivity contribution in [3.05, 3.63) is 70.5 Å². The van der Waals surface area contributed by atoms with Crippen LogP contribution >= 0.6 is 11.6 Å². The first kappa shape index (κ1) is 17.4. The van der Waals surface area contributed by atoms with Gasteiger partial charge in [-0.15, -0.1) is 0 Å². The van der Waals surface area contributed by atoms with Crippen molar-refractivity contribution in [2.45, 2.75) is 24.5 Å². The second-order valence-electron chi connectivity index (χ2n) is 6.38. The molecule has 0 radical (unpaired) electrons. The van der Waals surface area contributed by atoms with Gasteiger partial charge in [0.05, 0.1) is 11.7 Å². The van der Waals surface area contributed by atoms with Crippen molar-refractivity contribution in [2.24, 2.45) is 0 Å². The van der Waals surface area contributed by atoms with Gasteiger partial charge in [0.2, 0.25) is 0 Å². The zero-order chi connectivity index (χ0) is 17.2. The van der Waals surface area contributed by atoms with Gasteiger partial charge in [-0.2, -0.15) is 0 Å². The van der Waals surface area contributed by atoms with Gasteiger partial charge in [0, 0.05) is 30.2 Å². The Hall–Kier alpha value is -1.46. The summed E-state index contributed by atoms with van der Waals surface area (Å²) in [5.41, 5.74) is 0.0461. The predicted octanol–water partition coefficient (Wildman–Crippen LogP) is 3.50. The summed E-state index contributed by atoms with van der Waals surface area (Å²) >= 11 is 5.86. The van der Waals surface area contributed by atoms with Crippen molar-refractivity contribution in [3.63, 3.8) is 0 Å². The molecule has 128 valence electrons. The van der Waals surface area contributed by atoms with E-state index in [0.29, 0.717) is 43.1 Å². The average molecular weight is 350 g/mol. The number of hydrogen-bond donors (Lipinski definition) is 2. The van der Waals surface area contributed by atoms with Gasteiger partial charge in [0.25, 0.3) is 0 Å². The van der Waals surface area contributed by atoms with Crippen molar-refractivity contribution < 1.29 is 14.6 Å². The van der Waals surface area contributed by atoms with Crippen LogP contribution in [0.15, 0.2) is 48.5 Å². The van der Waals surface area contributed by atoms with Crippen molar-refractivity contribution >= 4 is 11.6 Å². The molecule has 0 saturated carbocycles. The van der Waals surface area contributed by atoms with E-state index >= 15 is 0 Å². The van der Waals surface area contributed by atoms with Crippen LogP contribution in [0.3, 0.4) is 0 Å². The Morgan fingerprint density at radius 1 is 1.08 bits per heavy atom. The third-order valence-electron chi connectivity index (χ3n) is 4.74. The average Bonchev–Trinajstić information content (AvgIpc) is 2.58. The summed E-state index contributed by atoms with van der Waals surface area (Å²) in [7, 11) is 0. The highest BCUT2D eigenvalue weighted by atomic mass is 35.5. The van der Waals surface area contributed by atoms with E-state index in [1.54, 1.807) is 30.3 Å². The Bertz CT molecular complexity index is 684. The van der Waals surface area contributed by atoms with Gasteiger partial charge in [-0.05, 0) is 36.6 Å². The lowest BCUT2D eigenvalue weighted by atomic mass is 9.84. The summed E-state index contributed by atoms with van der Waals surface area (Å²) in [6.07, 6.45) is 0.282. The Morgan fingerprint density at radius 3 is 2.33 bits per heavy atom. The van der Waals surface area contributed by atoms with Crippen LogP contribution < -0.4 is 0 Å². The molecule has 1 atom stereocenters. The second-order valence-corrected chi connectivity index (χ2v) is 6.82. The van der Waals surface area contributed by atoms with E-state index < -0.39 is 11.7 Å². The van der Waals surface area contributed by atoms with Crippen molar-refractivity contribution in [1.82, 2.24) is 4.90 Å². The number of nitrogens with zero attached hydrogens (tertiary/aromatic N) is 1. The van der Waals surface area contributed by atoms with E-state index in [-0.39, 0.29) is 5.82 Å². The van der Waals surface area contributed by atoms with Crippen LogP contribution in [0.2, 0.25) is 5.02 Å². The van der Waals surface area contributed by atoms with E-state index in [2.05, 4.69) is 4.90 Å². The highest BCUT2D eigenvalue weighted by Gasteiger charge is 2.36. The molecule has 0 aliphatic carbocycles. The van der Waals surface area contributed by atoms with Crippen molar-refractivity contribution in [1.29, 1.82) is 0 Å². The molecule has 24 heavy (non-hydrogen) atoms. The Labute approximate surface area is 146 Å². The normalized spacial score (nSPS) is 19.2. The molecule has 1 aliphatic rings. The zero-order valence-electron chi connectivity index (χ0n) is 13.3. The lowest BCUT2D eigenvalue weighted by molar-refractivity contribution is -0.0367. The minimum atomic E-state index is -1.13. The molecule has 0 bridgehead atoms. The van der Waals surface area contributed by atoms with Crippen LogP contribution in [0.25, 0.3) is 0 Å². The van der Waals surface area contributed by atoms with Gasteiger partial charge in [-0.3, -0.25) is 0 Å². The van der Waals surface area contributed by atoms with E-state index in [9.17, 15) is 14.6 Å². The van der Waals surface area contributed by atoms with Crippen LogP contribution in [0.5, 0.6) is 0 Å². The largest absolute Gasteiger partial charge is 0.387 e. The van der Waals surface area contributed by atoms with Crippen LogP contribution in [-0.2, 0) is 5.60 Å². The maximum absolute atomic E-state index is 14.0. The van der Waals surface area contributed by atoms with Gasteiger partial charge in [0.15, 0.2) is 0 Å². The van der Waals surface area contributed by atoms with E-state index in [1.165, 1.54) is 6.07 Å². The van der Waals surface area contributed by atoms with Gasteiger partial charge in [-0.25, -0.2) is 4.39 Å². The highest BCUT2D eigenvalue weighted by Crippen LogP contribution is 2.34. The third-order valence-corrected chi connectivity index (χ3v) is 5.00. The summed E-state index contributed by atoms with van der Waals surface area (Å²) in [6.45, 7) is 1.69. The number of likely N-dealkylation sites (tertiary alicyclic amines) is 1. The van der Waals surface area contributed by atoms with E-state index in [0.717, 1.165) is 5.56 Å². The van der Waals surface area contributed by atoms with Gasteiger partial charge < -0.3 is 15.1 Å². The van der Waals surface area contributed by atoms with Crippen LogP contribution in [0.1, 0.15) is 30.1 Å². The van der Waals surface area contributed by atoms with E-state index in [4.69, 9.17) is 11.6 Å². The maximum atomic E-state index is 14.0. The molecule has 2 N–H and O–H groups in total. The summed E-state index contributed by atoms with van der Waals surface area (Å²) in [5.74, 6) is -0.366. The maximum Gasteiger partial charge on any atom is 0.129 e. The number of piperidine rings is 1. The highest BCUT2D eigenvalue weighted by molar-refractivity contribution is 6.30. The number of rotatable bonds is 4. The zero-order valence-corrected chi connectivity index (χ0v) is 14.1. The molecule has 0 aromatic heterocycles. The summed E-state index contributed by atoms with van der Waals surface area (Å²) < 4.78 is 14.0. The molecule has 2 aromatic carbocycles. The molecule has 1 unspecified atom stereocenters. The first-order chi connectivity index (χ1) is 11.5. The molecule has 1 fully saturated rings. The van der Waals surface area contributed by atoms with Gasteiger partial charge in [-0.1, -0.05) is 41.9 Å². The quantitative estimate of drug-likeness (QED) is 0.888. The third kappa shape index (κ3) is 3.78. The van der Waals surface area contributed by atoms with E-state index in [1.807, 2.05) is 12.1 Å². The number of halogens is 2. The van der Waals surface area contributed by atoms with Crippen LogP contribution in [0.4, 0.5) is 4.39 Å². The monoisotopic (exact) mass is 349 g/mol. The lowest BCUT2D eigenvalue weighted by Crippen LogP contribution is -2.44. The van der Waals surface area contributed by atoms with Gasteiger partial charge in [0.1, 0.15) is 5.82 Å². The fourth-order valence-corrected chi connectivity index (χ4v) is 3.37. The van der Waals surface area contributed by atoms with Crippen molar-refractivity contribution in [2.75, 3.05) is 19.6 Å². The molecular formula is C19H21ClFNO2. The predicted molar refractivity (Wildman–Crippen MR) is 92.4 cm³/mol. The minimum Gasteiger partial charge on any atom is -0.387 e. The summed E-state index contributed by atoms with van der Waals surface area (Å²) in [4.78, 5) is 2.09. The molecule has 1 aliphatic heterocycles. The SMILES string of the molecule is OC(CN1CCC(O)(c2ccccc2F)CC1)c1ccc(Cl)cc1. The fourth-order valence-electron chi connectivity index (χ4n) is 3.25. The number of benzene rings is 2. The standard InChI is InChI=1S/C19H21ClFNO2/c20-15-7-5-14(6-8-15)18(23)13-22-11-9-19(24,10-12-22)16-3-1-2-4-17(16)21/h1-8,18,23-24H,9-13H2. The molecule has 0 spiro atoms. The fraction of sp³-hybridized carbons (Fsp3) is 0.368. The Kier molecular flexibility index (Phi) is 5.21. The molecule has 0 amide bonds. The molecule has 3 nitrogen and oxygen atoms in total. The van der Waals surface area contributed by atoms with Crippen molar-refractivity contribution in [3.8, 4) is 0 Å². The minimum absolute atomic E-state index is 0.364. The number of aliphatic hydroxyl groups excluding tert-OH is 1. The first-order valence-corrected chi connectivity index (χ1v) is 8.49. The smallest absolute Gasteiger partial charge is 0.129 e. The molecule has 3 rings (SSSR count). The summed E-state index contributed by atoms with van der Waals surface area (Å²) in [5, 5.41) is 21.8. The second kappa shape index (κ2) is 7.19. The first-order valence-electron chi connectivity index (χ1n) is 8.11. The van der Waals surface area contributed by atoms with Gasteiger partial charge >= 0.3 is 0 Å². The lowest BCUT2D eigenvalue weighted by Gasteiger charge is -2.39. The summed E-state index contributed by atoms with van der Waals surface area (Å²) in [6, 6.07) is 13.5. The topological polar surface area (TPSA) is 43.7 Å². The molecule has 1 saturated heterocycles. The molecule has 5 heteroatoms.